The maximum atomic E-state index is 12.4. The first-order chi connectivity index (χ1) is 11.3. The summed E-state index contributed by atoms with van der Waals surface area (Å²) >= 11 is 12.4. The number of hydrogen-bond donors (Lipinski definition) is 0. The smallest absolute Gasteiger partial charge is 0.275 e. The van der Waals surface area contributed by atoms with Crippen molar-refractivity contribution in [1.29, 1.82) is 0 Å². The van der Waals surface area contributed by atoms with Gasteiger partial charge in [-0.25, -0.2) is 4.68 Å². The molecule has 1 aliphatic heterocycles. The standard InChI is InChI=1S/C16H16Cl2N2O4/c1-9-6-11(17)14(12(18)7-9)24-13-8-10(15(21)20(3)19-13)16(2)22-4-5-23-16/h6-8H,4-5H2,1-3H3. The van der Waals surface area contributed by atoms with Gasteiger partial charge in [0.15, 0.2) is 11.5 Å². The molecular formula is C16H16Cl2N2O4. The van der Waals surface area contributed by atoms with Crippen molar-refractivity contribution in [2.24, 2.45) is 7.05 Å². The lowest BCUT2D eigenvalue weighted by Crippen LogP contribution is -2.34. The lowest BCUT2D eigenvalue weighted by atomic mass is 10.1. The van der Waals surface area contributed by atoms with Crippen molar-refractivity contribution in [3.63, 3.8) is 0 Å². The second-order valence-electron chi connectivity index (χ2n) is 5.63. The van der Waals surface area contributed by atoms with Gasteiger partial charge in [-0.3, -0.25) is 4.79 Å². The van der Waals surface area contributed by atoms with E-state index >= 15 is 0 Å². The summed E-state index contributed by atoms with van der Waals surface area (Å²) in [6.45, 7) is 4.38. The highest BCUT2D eigenvalue weighted by Gasteiger charge is 2.37. The van der Waals surface area contributed by atoms with Crippen molar-refractivity contribution in [1.82, 2.24) is 9.78 Å². The number of hydrogen-bond acceptors (Lipinski definition) is 5. The molecule has 128 valence electrons. The number of benzene rings is 1. The predicted octanol–water partition coefficient (Wildman–Crippen LogP) is 3.41. The molecule has 0 N–H and O–H groups in total. The van der Waals surface area contributed by atoms with Crippen LogP contribution in [0.3, 0.4) is 0 Å². The molecule has 1 aliphatic rings. The van der Waals surface area contributed by atoms with Gasteiger partial charge < -0.3 is 14.2 Å². The summed E-state index contributed by atoms with van der Waals surface area (Å²) in [7, 11) is 1.52. The van der Waals surface area contributed by atoms with Gasteiger partial charge in [-0.1, -0.05) is 23.2 Å². The third-order valence-corrected chi connectivity index (χ3v) is 4.28. The molecule has 3 rings (SSSR count). The van der Waals surface area contributed by atoms with Crippen molar-refractivity contribution >= 4 is 23.2 Å². The summed E-state index contributed by atoms with van der Waals surface area (Å²) in [5.41, 5.74) is 0.881. The fourth-order valence-corrected chi connectivity index (χ4v) is 3.19. The lowest BCUT2D eigenvalue weighted by Gasteiger charge is -2.22. The Hall–Kier alpha value is -1.60. The summed E-state index contributed by atoms with van der Waals surface area (Å²) in [6.07, 6.45) is 0. The summed E-state index contributed by atoms with van der Waals surface area (Å²) < 4.78 is 18.0. The summed E-state index contributed by atoms with van der Waals surface area (Å²) in [5, 5.41) is 4.81. The van der Waals surface area contributed by atoms with Crippen LogP contribution in [-0.2, 0) is 22.3 Å². The highest BCUT2D eigenvalue weighted by Crippen LogP contribution is 2.37. The fraction of sp³-hybridized carbons (Fsp3) is 0.375. The van der Waals surface area contributed by atoms with Crippen LogP contribution in [-0.4, -0.2) is 23.0 Å². The fourth-order valence-electron chi connectivity index (χ4n) is 2.52. The normalized spacial score (nSPS) is 16.4. The number of aryl methyl sites for hydroxylation is 2. The molecule has 0 radical (unpaired) electrons. The van der Waals surface area contributed by atoms with Gasteiger partial charge in [-0.15, -0.1) is 5.10 Å². The third kappa shape index (κ3) is 3.15. The van der Waals surface area contributed by atoms with Crippen LogP contribution in [0.4, 0.5) is 0 Å². The molecule has 1 fully saturated rings. The Bertz CT molecular complexity index is 821. The zero-order chi connectivity index (χ0) is 17.5. The highest BCUT2D eigenvalue weighted by molar-refractivity contribution is 6.37. The molecule has 0 amide bonds. The Morgan fingerprint density at radius 2 is 1.79 bits per heavy atom. The minimum Gasteiger partial charge on any atom is -0.434 e. The molecule has 8 heteroatoms. The van der Waals surface area contributed by atoms with Crippen LogP contribution in [0.1, 0.15) is 18.1 Å². The first kappa shape index (κ1) is 17.2. The Kier molecular flexibility index (Phi) is 4.57. The van der Waals surface area contributed by atoms with E-state index in [-0.39, 0.29) is 17.2 Å². The van der Waals surface area contributed by atoms with Gasteiger partial charge in [-0.2, -0.15) is 0 Å². The van der Waals surface area contributed by atoms with E-state index in [1.54, 1.807) is 19.1 Å². The number of nitrogens with zero attached hydrogens (tertiary/aromatic N) is 2. The van der Waals surface area contributed by atoms with Crippen molar-refractivity contribution in [3.05, 3.63) is 49.7 Å². The van der Waals surface area contributed by atoms with Crippen LogP contribution < -0.4 is 10.3 Å². The van der Waals surface area contributed by atoms with Crippen LogP contribution in [0.5, 0.6) is 11.6 Å². The summed E-state index contributed by atoms with van der Waals surface area (Å²) in [6, 6.07) is 4.95. The van der Waals surface area contributed by atoms with Gasteiger partial charge in [0.1, 0.15) is 0 Å². The van der Waals surface area contributed by atoms with E-state index in [2.05, 4.69) is 5.10 Å². The van der Waals surface area contributed by atoms with Crippen LogP contribution in [0.15, 0.2) is 23.0 Å². The Balaban J connectivity index is 2.04. The molecule has 2 heterocycles. The Morgan fingerprint density at radius 1 is 1.21 bits per heavy atom. The number of ether oxygens (including phenoxy) is 3. The Morgan fingerprint density at radius 3 is 2.38 bits per heavy atom. The summed E-state index contributed by atoms with van der Waals surface area (Å²) in [5.74, 6) is -0.684. The van der Waals surface area contributed by atoms with E-state index in [1.807, 2.05) is 6.92 Å². The SMILES string of the molecule is Cc1cc(Cl)c(Oc2cc(C3(C)OCCO3)c(=O)n(C)n2)c(Cl)c1. The molecule has 0 saturated carbocycles. The van der Waals surface area contributed by atoms with Crippen molar-refractivity contribution in [3.8, 4) is 11.6 Å². The second kappa shape index (κ2) is 6.37. The van der Waals surface area contributed by atoms with E-state index in [1.165, 1.54) is 13.1 Å². The molecule has 0 spiro atoms. The Labute approximate surface area is 148 Å². The van der Waals surface area contributed by atoms with E-state index in [9.17, 15) is 4.79 Å². The van der Waals surface area contributed by atoms with Crippen molar-refractivity contribution < 1.29 is 14.2 Å². The molecule has 0 atom stereocenters. The maximum Gasteiger partial charge on any atom is 0.275 e. The van der Waals surface area contributed by atoms with Crippen LogP contribution in [0, 0.1) is 6.92 Å². The van der Waals surface area contributed by atoms with Gasteiger partial charge in [0.2, 0.25) is 5.88 Å². The van der Waals surface area contributed by atoms with Gasteiger partial charge in [0.25, 0.3) is 5.56 Å². The summed E-state index contributed by atoms with van der Waals surface area (Å²) in [4.78, 5) is 12.4. The van der Waals surface area contributed by atoms with Crippen LogP contribution >= 0.6 is 23.2 Å². The van der Waals surface area contributed by atoms with E-state index in [4.69, 9.17) is 37.4 Å². The minimum atomic E-state index is -1.13. The van der Waals surface area contributed by atoms with E-state index < -0.39 is 5.79 Å². The first-order valence-corrected chi connectivity index (χ1v) is 8.06. The zero-order valence-electron chi connectivity index (χ0n) is 13.4. The molecule has 0 bridgehead atoms. The largest absolute Gasteiger partial charge is 0.434 e. The molecule has 0 aliphatic carbocycles. The molecule has 24 heavy (non-hydrogen) atoms. The van der Waals surface area contributed by atoms with Crippen LogP contribution in [0.2, 0.25) is 10.0 Å². The first-order valence-electron chi connectivity index (χ1n) is 7.30. The quantitative estimate of drug-likeness (QED) is 0.828. The lowest BCUT2D eigenvalue weighted by molar-refractivity contribution is -0.151. The highest BCUT2D eigenvalue weighted by atomic mass is 35.5. The van der Waals surface area contributed by atoms with Gasteiger partial charge >= 0.3 is 0 Å². The molecule has 1 saturated heterocycles. The maximum absolute atomic E-state index is 12.4. The molecule has 2 aromatic rings. The monoisotopic (exact) mass is 370 g/mol. The second-order valence-corrected chi connectivity index (χ2v) is 6.44. The molecular weight excluding hydrogens is 355 g/mol. The van der Waals surface area contributed by atoms with Gasteiger partial charge in [0.05, 0.1) is 28.8 Å². The molecule has 6 nitrogen and oxygen atoms in total. The van der Waals surface area contributed by atoms with Gasteiger partial charge in [0, 0.05) is 13.1 Å². The predicted molar refractivity (Wildman–Crippen MR) is 90.0 cm³/mol. The average molecular weight is 371 g/mol. The average Bonchev–Trinajstić information content (AvgIpc) is 2.94. The minimum absolute atomic E-state index is 0.167. The molecule has 1 aromatic carbocycles. The number of halogens is 2. The zero-order valence-corrected chi connectivity index (χ0v) is 14.9. The van der Waals surface area contributed by atoms with Gasteiger partial charge in [-0.05, 0) is 31.5 Å². The molecule has 1 aromatic heterocycles. The van der Waals surface area contributed by atoms with Crippen molar-refractivity contribution in [2.75, 3.05) is 13.2 Å². The molecule has 0 unspecified atom stereocenters. The topological polar surface area (TPSA) is 62.6 Å². The van der Waals surface area contributed by atoms with E-state index in [0.29, 0.717) is 28.8 Å². The number of aromatic nitrogens is 2. The third-order valence-electron chi connectivity index (χ3n) is 3.72. The van der Waals surface area contributed by atoms with E-state index in [0.717, 1.165) is 10.2 Å². The number of rotatable bonds is 3. The van der Waals surface area contributed by atoms with Crippen LogP contribution in [0.25, 0.3) is 0 Å². The van der Waals surface area contributed by atoms with Crippen molar-refractivity contribution in [2.45, 2.75) is 19.6 Å².